The molecule has 0 aromatic heterocycles. The molecule has 1 atom stereocenters. The Morgan fingerprint density at radius 1 is 1.62 bits per heavy atom. The molecule has 1 N–H and O–H groups in total. The second kappa shape index (κ2) is 4.62. The number of rotatable bonds is 4. The first-order valence-electron chi connectivity index (χ1n) is 4.23. The van der Waals surface area contributed by atoms with Crippen molar-refractivity contribution in [1.82, 2.24) is 10.2 Å². The summed E-state index contributed by atoms with van der Waals surface area (Å²) >= 11 is 1.55. The van der Waals surface area contributed by atoms with Gasteiger partial charge in [0.05, 0.1) is 5.25 Å². The third-order valence-electron chi connectivity index (χ3n) is 2.01. The highest BCUT2D eigenvalue weighted by Crippen LogP contribution is 2.23. The van der Waals surface area contributed by atoms with Crippen molar-refractivity contribution in [3.8, 4) is 0 Å². The molecule has 0 saturated carbocycles. The standard InChI is InChI=1S/C8H14N2O2S/c1-9-3-4-13-6-5-7(11)10(2)8(6)12/h6,9H,3-5H2,1-2H3. The Morgan fingerprint density at radius 3 is 2.77 bits per heavy atom. The van der Waals surface area contributed by atoms with Gasteiger partial charge in [0.25, 0.3) is 0 Å². The number of thioether (sulfide) groups is 1. The van der Waals surface area contributed by atoms with E-state index in [-0.39, 0.29) is 17.1 Å². The van der Waals surface area contributed by atoms with Gasteiger partial charge in [-0.15, -0.1) is 11.8 Å². The van der Waals surface area contributed by atoms with Crippen LogP contribution in [0.3, 0.4) is 0 Å². The molecule has 0 aromatic rings. The molecule has 5 heteroatoms. The van der Waals surface area contributed by atoms with E-state index in [4.69, 9.17) is 0 Å². The van der Waals surface area contributed by atoms with E-state index < -0.39 is 0 Å². The number of hydrogen-bond donors (Lipinski definition) is 1. The summed E-state index contributed by atoms with van der Waals surface area (Å²) in [4.78, 5) is 23.7. The van der Waals surface area contributed by atoms with Crippen molar-refractivity contribution in [3.63, 3.8) is 0 Å². The molecule has 1 fully saturated rings. The van der Waals surface area contributed by atoms with Gasteiger partial charge in [-0.05, 0) is 7.05 Å². The maximum atomic E-state index is 11.4. The van der Waals surface area contributed by atoms with Gasteiger partial charge in [0, 0.05) is 25.8 Å². The van der Waals surface area contributed by atoms with Crippen LogP contribution in [0.5, 0.6) is 0 Å². The minimum atomic E-state index is -0.147. The molecule has 0 spiro atoms. The molecule has 4 nitrogen and oxygen atoms in total. The molecule has 1 rings (SSSR count). The van der Waals surface area contributed by atoms with E-state index in [0.29, 0.717) is 6.42 Å². The summed E-state index contributed by atoms with van der Waals surface area (Å²) in [5.41, 5.74) is 0. The van der Waals surface area contributed by atoms with Crippen LogP contribution in [-0.4, -0.2) is 48.4 Å². The maximum Gasteiger partial charge on any atom is 0.242 e. The Balaban J connectivity index is 2.36. The second-order valence-corrected chi connectivity index (χ2v) is 4.27. The predicted octanol–water partition coefficient (Wildman–Crippen LogP) is -0.304. The number of nitrogens with one attached hydrogen (secondary N) is 1. The highest BCUT2D eigenvalue weighted by Gasteiger charge is 2.35. The van der Waals surface area contributed by atoms with Gasteiger partial charge < -0.3 is 5.32 Å². The average Bonchev–Trinajstić information content (AvgIpc) is 2.34. The smallest absolute Gasteiger partial charge is 0.242 e. The minimum Gasteiger partial charge on any atom is -0.319 e. The third-order valence-corrected chi connectivity index (χ3v) is 3.22. The molecule has 1 unspecified atom stereocenters. The molecule has 1 heterocycles. The Morgan fingerprint density at radius 2 is 2.31 bits per heavy atom. The molecule has 1 aliphatic rings. The molecule has 0 aromatic carbocycles. The third kappa shape index (κ3) is 2.45. The molecular weight excluding hydrogens is 188 g/mol. The van der Waals surface area contributed by atoms with E-state index in [1.165, 1.54) is 4.90 Å². The van der Waals surface area contributed by atoms with Crippen LogP contribution in [0.4, 0.5) is 0 Å². The van der Waals surface area contributed by atoms with Crippen molar-refractivity contribution >= 4 is 23.6 Å². The molecule has 13 heavy (non-hydrogen) atoms. The van der Waals surface area contributed by atoms with E-state index in [1.54, 1.807) is 18.8 Å². The zero-order chi connectivity index (χ0) is 9.84. The van der Waals surface area contributed by atoms with Crippen molar-refractivity contribution in [1.29, 1.82) is 0 Å². The van der Waals surface area contributed by atoms with Gasteiger partial charge in [-0.1, -0.05) is 0 Å². The fourth-order valence-corrected chi connectivity index (χ4v) is 2.32. The topological polar surface area (TPSA) is 49.4 Å². The van der Waals surface area contributed by atoms with E-state index in [9.17, 15) is 9.59 Å². The summed E-state index contributed by atoms with van der Waals surface area (Å²) in [6.45, 7) is 0.867. The van der Waals surface area contributed by atoms with Crippen LogP contribution < -0.4 is 5.32 Å². The van der Waals surface area contributed by atoms with Crippen LogP contribution in [0.25, 0.3) is 0 Å². The Labute approximate surface area is 82.0 Å². The Bertz CT molecular complexity index is 220. The monoisotopic (exact) mass is 202 g/mol. The Kier molecular flexibility index (Phi) is 3.74. The molecule has 74 valence electrons. The summed E-state index contributed by atoms with van der Waals surface area (Å²) in [5.74, 6) is 0.756. The number of carbonyl (C=O) groups is 2. The SMILES string of the molecule is CNCCSC1CC(=O)N(C)C1=O. The average molecular weight is 202 g/mol. The molecule has 0 aliphatic carbocycles. The highest BCUT2D eigenvalue weighted by atomic mass is 32.2. The van der Waals surface area contributed by atoms with E-state index in [2.05, 4.69) is 5.32 Å². The molecular formula is C8H14N2O2S. The predicted molar refractivity (Wildman–Crippen MR) is 52.6 cm³/mol. The van der Waals surface area contributed by atoms with Crippen LogP contribution in [-0.2, 0) is 9.59 Å². The number of amides is 2. The van der Waals surface area contributed by atoms with E-state index in [0.717, 1.165) is 12.3 Å². The van der Waals surface area contributed by atoms with Gasteiger partial charge in [-0.2, -0.15) is 0 Å². The minimum absolute atomic E-state index is 0.0499. The second-order valence-electron chi connectivity index (χ2n) is 2.96. The number of carbonyl (C=O) groups excluding carboxylic acids is 2. The van der Waals surface area contributed by atoms with Crippen molar-refractivity contribution in [3.05, 3.63) is 0 Å². The fraction of sp³-hybridized carbons (Fsp3) is 0.750. The van der Waals surface area contributed by atoms with Gasteiger partial charge in [0.1, 0.15) is 0 Å². The normalized spacial score (nSPS) is 22.9. The van der Waals surface area contributed by atoms with Gasteiger partial charge >= 0.3 is 0 Å². The van der Waals surface area contributed by atoms with Crippen LogP contribution in [0.15, 0.2) is 0 Å². The molecule has 0 bridgehead atoms. The number of likely N-dealkylation sites (tertiary alicyclic amines) is 1. The molecule has 0 radical (unpaired) electrons. The van der Waals surface area contributed by atoms with E-state index >= 15 is 0 Å². The summed E-state index contributed by atoms with van der Waals surface area (Å²) in [7, 11) is 3.41. The van der Waals surface area contributed by atoms with Crippen LogP contribution in [0.1, 0.15) is 6.42 Å². The number of hydrogen-bond acceptors (Lipinski definition) is 4. The van der Waals surface area contributed by atoms with Crippen LogP contribution in [0.2, 0.25) is 0 Å². The van der Waals surface area contributed by atoms with E-state index in [1.807, 2.05) is 7.05 Å². The van der Waals surface area contributed by atoms with Gasteiger partial charge in [-0.3, -0.25) is 14.5 Å². The number of imide groups is 1. The lowest BCUT2D eigenvalue weighted by Crippen LogP contribution is -2.27. The molecule has 1 saturated heterocycles. The molecule has 2 amide bonds. The largest absolute Gasteiger partial charge is 0.319 e. The maximum absolute atomic E-state index is 11.4. The summed E-state index contributed by atoms with van der Waals surface area (Å²) in [5, 5.41) is 2.85. The summed E-state index contributed by atoms with van der Waals surface area (Å²) in [6.07, 6.45) is 0.365. The Hall–Kier alpha value is -0.550. The number of nitrogens with zero attached hydrogens (tertiary/aromatic N) is 1. The zero-order valence-corrected chi connectivity index (χ0v) is 8.69. The molecule has 1 aliphatic heterocycles. The quantitative estimate of drug-likeness (QED) is 0.502. The van der Waals surface area contributed by atoms with Crippen LogP contribution >= 0.6 is 11.8 Å². The lowest BCUT2D eigenvalue weighted by atomic mass is 10.4. The van der Waals surface area contributed by atoms with Gasteiger partial charge in [0.15, 0.2) is 0 Å². The highest BCUT2D eigenvalue weighted by molar-refractivity contribution is 8.00. The summed E-state index contributed by atoms with van der Waals surface area (Å²) in [6, 6.07) is 0. The first-order valence-corrected chi connectivity index (χ1v) is 5.28. The lowest BCUT2D eigenvalue weighted by Gasteiger charge is -2.07. The van der Waals surface area contributed by atoms with Gasteiger partial charge in [0.2, 0.25) is 11.8 Å². The fourth-order valence-electron chi connectivity index (χ4n) is 1.16. The first kappa shape index (κ1) is 10.5. The lowest BCUT2D eigenvalue weighted by molar-refractivity contribution is -0.136. The van der Waals surface area contributed by atoms with Crippen molar-refractivity contribution in [2.24, 2.45) is 0 Å². The van der Waals surface area contributed by atoms with Gasteiger partial charge in [-0.25, -0.2) is 0 Å². The zero-order valence-electron chi connectivity index (χ0n) is 7.87. The first-order chi connectivity index (χ1) is 6.16. The van der Waals surface area contributed by atoms with Crippen molar-refractivity contribution in [2.45, 2.75) is 11.7 Å². The van der Waals surface area contributed by atoms with Crippen molar-refractivity contribution < 1.29 is 9.59 Å². The summed E-state index contributed by atoms with van der Waals surface area (Å²) < 4.78 is 0. The van der Waals surface area contributed by atoms with Crippen LogP contribution in [0, 0.1) is 0 Å². The van der Waals surface area contributed by atoms with Crippen molar-refractivity contribution in [2.75, 3.05) is 26.4 Å².